The fourth-order valence-electron chi connectivity index (χ4n) is 4.63. The molecule has 1 N–H and O–H groups in total. The molecule has 2 bridgehead atoms. The molecule has 5 atom stereocenters. The molecule has 3 aliphatic carbocycles. The predicted octanol–water partition coefficient (Wildman–Crippen LogP) is 2.07. The van der Waals surface area contributed by atoms with Gasteiger partial charge >= 0.3 is 0 Å². The summed E-state index contributed by atoms with van der Waals surface area (Å²) in [6.07, 6.45) is 2.20. The Morgan fingerprint density at radius 3 is 2.53 bits per heavy atom. The molecular formula is C13H22O2. The number of hydrogen-bond donors (Lipinski definition) is 1. The zero-order valence-corrected chi connectivity index (χ0v) is 9.99. The SMILES string of the molecule is CC1COCC12[C@@H]1C[C@H](C[C@@H]2O)C1(C)C. The molecule has 2 nitrogen and oxygen atoms in total. The Balaban J connectivity index is 1.99. The van der Waals surface area contributed by atoms with Crippen molar-refractivity contribution in [1.82, 2.24) is 0 Å². The highest BCUT2D eigenvalue weighted by molar-refractivity contribution is 5.15. The third-order valence-electron chi connectivity index (χ3n) is 5.88. The zero-order chi connectivity index (χ0) is 10.8. The predicted molar refractivity (Wildman–Crippen MR) is 58.4 cm³/mol. The lowest BCUT2D eigenvalue weighted by molar-refractivity contribution is -0.225. The summed E-state index contributed by atoms with van der Waals surface area (Å²) in [7, 11) is 0. The first-order chi connectivity index (χ1) is 6.99. The number of aliphatic hydroxyl groups excluding tert-OH is 1. The van der Waals surface area contributed by atoms with Crippen LogP contribution in [0.5, 0.6) is 0 Å². The Kier molecular flexibility index (Phi) is 1.87. The molecule has 1 spiro atoms. The summed E-state index contributed by atoms with van der Waals surface area (Å²) >= 11 is 0. The molecule has 0 aromatic heterocycles. The molecule has 4 aliphatic rings. The van der Waals surface area contributed by atoms with Crippen molar-refractivity contribution in [3.8, 4) is 0 Å². The van der Waals surface area contributed by atoms with E-state index in [0.717, 1.165) is 25.6 Å². The van der Waals surface area contributed by atoms with E-state index in [1.54, 1.807) is 0 Å². The topological polar surface area (TPSA) is 29.5 Å². The quantitative estimate of drug-likeness (QED) is 0.663. The highest BCUT2D eigenvalue weighted by Crippen LogP contribution is 2.68. The maximum Gasteiger partial charge on any atom is 0.0627 e. The minimum absolute atomic E-state index is 0.0816. The van der Waals surface area contributed by atoms with Crippen molar-refractivity contribution in [3.05, 3.63) is 0 Å². The van der Waals surface area contributed by atoms with Crippen LogP contribution in [0.25, 0.3) is 0 Å². The molecule has 1 aliphatic heterocycles. The van der Waals surface area contributed by atoms with Crippen LogP contribution >= 0.6 is 0 Å². The Hall–Kier alpha value is -0.0800. The molecule has 2 heteroatoms. The van der Waals surface area contributed by atoms with Gasteiger partial charge in [0, 0.05) is 12.0 Å². The molecule has 0 aromatic carbocycles. The Labute approximate surface area is 92.0 Å². The van der Waals surface area contributed by atoms with Gasteiger partial charge in [0.15, 0.2) is 0 Å². The third-order valence-corrected chi connectivity index (χ3v) is 5.88. The van der Waals surface area contributed by atoms with Gasteiger partial charge < -0.3 is 9.84 Å². The van der Waals surface area contributed by atoms with Gasteiger partial charge in [-0.2, -0.15) is 0 Å². The molecule has 1 heterocycles. The lowest BCUT2D eigenvalue weighted by Gasteiger charge is -2.67. The van der Waals surface area contributed by atoms with E-state index in [4.69, 9.17) is 4.74 Å². The maximum atomic E-state index is 10.4. The van der Waals surface area contributed by atoms with Crippen LogP contribution in [0.3, 0.4) is 0 Å². The molecule has 4 fully saturated rings. The molecule has 2 unspecified atom stereocenters. The average molecular weight is 210 g/mol. The first-order valence-corrected chi connectivity index (χ1v) is 6.25. The van der Waals surface area contributed by atoms with Crippen LogP contribution in [0.15, 0.2) is 0 Å². The van der Waals surface area contributed by atoms with Gasteiger partial charge in [0.1, 0.15) is 0 Å². The van der Waals surface area contributed by atoms with E-state index < -0.39 is 0 Å². The number of ether oxygens (including phenoxy) is 1. The fourth-order valence-corrected chi connectivity index (χ4v) is 4.63. The third kappa shape index (κ3) is 0.980. The largest absolute Gasteiger partial charge is 0.392 e. The molecule has 3 saturated carbocycles. The van der Waals surface area contributed by atoms with Crippen molar-refractivity contribution in [2.45, 2.75) is 39.7 Å². The lowest BCUT2D eigenvalue weighted by Crippen LogP contribution is -2.65. The number of hydrogen-bond acceptors (Lipinski definition) is 2. The lowest BCUT2D eigenvalue weighted by atomic mass is 9.38. The van der Waals surface area contributed by atoms with Crippen LogP contribution in [-0.4, -0.2) is 24.4 Å². The maximum absolute atomic E-state index is 10.4. The van der Waals surface area contributed by atoms with E-state index in [2.05, 4.69) is 20.8 Å². The van der Waals surface area contributed by atoms with E-state index in [-0.39, 0.29) is 11.5 Å². The van der Waals surface area contributed by atoms with Crippen molar-refractivity contribution < 1.29 is 9.84 Å². The first kappa shape index (κ1) is 10.1. The summed E-state index contributed by atoms with van der Waals surface area (Å²) in [5.74, 6) is 1.95. The second kappa shape index (κ2) is 2.78. The summed E-state index contributed by atoms with van der Waals surface area (Å²) in [6, 6.07) is 0. The van der Waals surface area contributed by atoms with Gasteiger partial charge in [0.2, 0.25) is 0 Å². The molecule has 15 heavy (non-hydrogen) atoms. The van der Waals surface area contributed by atoms with Gasteiger partial charge in [-0.1, -0.05) is 20.8 Å². The second-order valence-corrected chi connectivity index (χ2v) is 6.59. The van der Waals surface area contributed by atoms with Crippen LogP contribution in [0.2, 0.25) is 0 Å². The highest BCUT2D eigenvalue weighted by Gasteiger charge is 2.67. The first-order valence-electron chi connectivity index (χ1n) is 6.25. The van der Waals surface area contributed by atoms with Crippen LogP contribution in [-0.2, 0) is 4.74 Å². The summed E-state index contributed by atoms with van der Waals surface area (Å²) in [4.78, 5) is 0. The van der Waals surface area contributed by atoms with Gasteiger partial charge in [-0.05, 0) is 36.0 Å². The van der Waals surface area contributed by atoms with E-state index in [1.807, 2.05) is 0 Å². The van der Waals surface area contributed by atoms with Crippen molar-refractivity contribution >= 4 is 0 Å². The normalized spacial score (nSPS) is 56.8. The molecular weight excluding hydrogens is 188 g/mol. The van der Waals surface area contributed by atoms with Crippen LogP contribution in [0.1, 0.15) is 33.6 Å². The molecule has 0 amide bonds. The average Bonchev–Trinajstić information content (AvgIpc) is 2.53. The molecule has 0 radical (unpaired) electrons. The van der Waals surface area contributed by atoms with Crippen molar-refractivity contribution in [3.63, 3.8) is 0 Å². The van der Waals surface area contributed by atoms with Crippen molar-refractivity contribution in [2.75, 3.05) is 13.2 Å². The zero-order valence-electron chi connectivity index (χ0n) is 9.99. The molecule has 4 rings (SSSR count). The van der Waals surface area contributed by atoms with Gasteiger partial charge in [-0.3, -0.25) is 0 Å². The molecule has 0 aromatic rings. The summed E-state index contributed by atoms with van der Waals surface area (Å²) in [5, 5.41) is 10.4. The molecule has 1 saturated heterocycles. The standard InChI is InChI=1S/C13H22O2/c1-8-6-15-7-13(8)10-4-9(5-11(13)14)12(10,2)3/h8-11,14H,4-7H2,1-3H3/t8?,9-,10-,11+,13?/m1/s1. The van der Waals surface area contributed by atoms with E-state index in [1.165, 1.54) is 6.42 Å². The second-order valence-electron chi connectivity index (χ2n) is 6.59. The van der Waals surface area contributed by atoms with Gasteiger partial charge in [-0.25, -0.2) is 0 Å². The monoisotopic (exact) mass is 210 g/mol. The number of fused-ring (bicyclic) bond motifs is 1. The highest BCUT2D eigenvalue weighted by atomic mass is 16.5. The minimum atomic E-state index is -0.119. The van der Waals surface area contributed by atoms with Gasteiger partial charge in [-0.15, -0.1) is 0 Å². The van der Waals surface area contributed by atoms with Gasteiger partial charge in [0.25, 0.3) is 0 Å². The Morgan fingerprint density at radius 2 is 2.00 bits per heavy atom. The summed E-state index contributed by atoms with van der Waals surface area (Å²) in [5.41, 5.74) is 0.513. The Morgan fingerprint density at radius 1 is 1.27 bits per heavy atom. The molecule has 86 valence electrons. The minimum Gasteiger partial charge on any atom is -0.392 e. The summed E-state index contributed by atoms with van der Waals surface area (Å²) < 4.78 is 5.65. The van der Waals surface area contributed by atoms with E-state index in [9.17, 15) is 5.11 Å². The van der Waals surface area contributed by atoms with E-state index >= 15 is 0 Å². The van der Waals surface area contributed by atoms with Crippen LogP contribution in [0.4, 0.5) is 0 Å². The number of aliphatic hydroxyl groups is 1. The number of rotatable bonds is 0. The van der Waals surface area contributed by atoms with E-state index in [0.29, 0.717) is 17.3 Å². The summed E-state index contributed by atoms with van der Waals surface area (Å²) in [6.45, 7) is 8.64. The smallest absolute Gasteiger partial charge is 0.0627 e. The Bertz CT molecular complexity index is 286. The van der Waals surface area contributed by atoms with Crippen LogP contribution in [0, 0.1) is 28.6 Å². The van der Waals surface area contributed by atoms with Gasteiger partial charge in [0.05, 0.1) is 12.7 Å². The van der Waals surface area contributed by atoms with Crippen molar-refractivity contribution in [2.24, 2.45) is 28.6 Å². The van der Waals surface area contributed by atoms with Crippen molar-refractivity contribution in [1.29, 1.82) is 0 Å². The van der Waals surface area contributed by atoms with Crippen LogP contribution < -0.4 is 0 Å². The fraction of sp³-hybridized carbons (Fsp3) is 1.00.